The van der Waals surface area contributed by atoms with Gasteiger partial charge in [0.2, 0.25) is 11.3 Å². The first-order valence-corrected chi connectivity index (χ1v) is 9.31. The van der Waals surface area contributed by atoms with E-state index in [1.54, 1.807) is 36.4 Å². The lowest BCUT2D eigenvalue weighted by atomic mass is 10.0. The van der Waals surface area contributed by atoms with Crippen LogP contribution in [0.4, 0.5) is 11.4 Å². The molecule has 0 radical (unpaired) electrons. The summed E-state index contributed by atoms with van der Waals surface area (Å²) in [6, 6.07) is 10.5. The zero-order chi connectivity index (χ0) is 19.0. The van der Waals surface area contributed by atoms with E-state index in [9.17, 15) is 9.59 Å². The fourth-order valence-corrected chi connectivity index (χ4v) is 3.73. The highest BCUT2D eigenvalue weighted by atomic mass is 16.3. The molecule has 3 aromatic rings. The van der Waals surface area contributed by atoms with Crippen LogP contribution in [0, 0.1) is 0 Å². The monoisotopic (exact) mass is 365 g/mol. The van der Waals surface area contributed by atoms with Gasteiger partial charge in [-0.15, -0.1) is 0 Å². The molecule has 1 fully saturated rings. The van der Waals surface area contributed by atoms with E-state index in [4.69, 9.17) is 10.2 Å². The summed E-state index contributed by atoms with van der Waals surface area (Å²) in [5, 5.41) is 3.84. The number of carbonyl (C=O) groups excluding carboxylic acids is 1. The van der Waals surface area contributed by atoms with E-state index in [-0.39, 0.29) is 11.3 Å². The van der Waals surface area contributed by atoms with Crippen molar-refractivity contribution in [2.75, 3.05) is 24.1 Å². The molecule has 6 nitrogen and oxygen atoms in total. The average Bonchev–Trinajstić information content (AvgIpc) is 2.64. The van der Waals surface area contributed by atoms with Crippen LogP contribution >= 0.6 is 0 Å². The van der Waals surface area contributed by atoms with Crippen molar-refractivity contribution in [2.45, 2.75) is 32.2 Å². The van der Waals surface area contributed by atoms with Crippen LogP contribution < -0.4 is 16.5 Å². The zero-order valence-corrected chi connectivity index (χ0v) is 15.3. The zero-order valence-electron chi connectivity index (χ0n) is 15.3. The Morgan fingerprint density at radius 1 is 1.19 bits per heavy atom. The van der Waals surface area contributed by atoms with Crippen molar-refractivity contribution in [3.05, 3.63) is 46.6 Å². The second-order valence-corrected chi connectivity index (χ2v) is 7.26. The van der Waals surface area contributed by atoms with Gasteiger partial charge in [-0.2, -0.15) is 0 Å². The molecule has 1 saturated heterocycles. The largest absolute Gasteiger partial charge is 0.456 e. The third kappa shape index (κ3) is 3.53. The molecule has 1 aliphatic heterocycles. The van der Waals surface area contributed by atoms with E-state index < -0.39 is 0 Å². The summed E-state index contributed by atoms with van der Waals surface area (Å²) in [5.74, 6) is -0.0565. The first-order chi connectivity index (χ1) is 13.0. The molecule has 0 spiro atoms. The van der Waals surface area contributed by atoms with Gasteiger partial charge in [-0.1, -0.05) is 6.42 Å². The number of hydrogen-bond acceptors (Lipinski definition) is 5. The molecule has 0 bridgehead atoms. The van der Waals surface area contributed by atoms with Gasteiger partial charge in [-0.25, -0.2) is 0 Å². The number of nitrogens with zero attached hydrogens (tertiary/aromatic N) is 1. The van der Waals surface area contributed by atoms with Gasteiger partial charge >= 0.3 is 0 Å². The standard InChI is InChI=1S/C21H23N3O3/c1-13-4-2-3-9-24(13)12-20(25)23-15-6-7-16-19(11-15)27-18-8-5-14(22)10-17(18)21(16)26/h5-8,10-11,13H,2-4,9,12,22H2,1H3,(H,23,25). The molecule has 1 atom stereocenters. The molecule has 4 rings (SSSR count). The number of fused-ring (bicyclic) bond motifs is 2. The van der Waals surface area contributed by atoms with Gasteiger partial charge in [0.15, 0.2) is 0 Å². The summed E-state index contributed by atoms with van der Waals surface area (Å²) in [4.78, 5) is 27.3. The van der Waals surface area contributed by atoms with Crippen LogP contribution in [0.5, 0.6) is 0 Å². The van der Waals surface area contributed by atoms with Gasteiger partial charge in [0.25, 0.3) is 0 Å². The lowest BCUT2D eigenvalue weighted by molar-refractivity contribution is -0.118. The van der Waals surface area contributed by atoms with Crippen LogP contribution in [0.1, 0.15) is 26.2 Å². The summed E-state index contributed by atoms with van der Waals surface area (Å²) in [6.45, 7) is 3.49. The van der Waals surface area contributed by atoms with Gasteiger partial charge in [-0.05, 0) is 56.6 Å². The van der Waals surface area contributed by atoms with Crippen LogP contribution in [-0.4, -0.2) is 29.9 Å². The van der Waals surface area contributed by atoms with Crippen molar-refractivity contribution in [3.63, 3.8) is 0 Å². The van der Waals surface area contributed by atoms with Crippen molar-refractivity contribution in [1.82, 2.24) is 4.90 Å². The summed E-state index contributed by atoms with van der Waals surface area (Å²) in [7, 11) is 0. The molecular weight excluding hydrogens is 342 g/mol. The number of rotatable bonds is 3. The molecular formula is C21H23N3O3. The Hall–Kier alpha value is -2.86. The van der Waals surface area contributed by atoms with Crippen LogP contribution in [0.2, 0.25) is 0 Å². The number of amides is 1. The molecule has 0 aliphatic carbocycles. The highest BCUT2D eigenvalue weighted by Crippen LogP contribution is 2.23. The van der Waals surface area contributed by atoms with Gasteiger partial charge < -0.3 is 15.5 Å². The molecule has 1 aliphatic rings. The van der Waals surface area contributed by atoms with Crippen molar-refractivity contribution in [2.24, 2.45) is 0 Å². The third-order valence-corrected chi connectivity index (χ3v) is 5.27. The Bertz CT molecular complexity index is 1070. The number of nitrogen functional groups attached to an aromatic ring is 1. The normalized spacial score (nSPS) is 18.0. The molecule has 27 heavy (non-hydrogen) atoms. The third-order valence-electron chi connectivity index (χ3n) is 5.27. The number of piperidine rings is 1. The summed E-state index contributed by atoms with van der Waals surface area (Å²) >= 11 is 0. The molecule has 1 amide bonds. The van der Waals surface area contributed by atoms with E-state index in [1.165, 1.54) is 6.42 Å². The number of benzene rings is 2. The maximum atomic E-state index is 12.7. The lowest BCUT2D eigenvalue weighted by Gasteiger charge is -2.32. The topological polar surface area (TPSA) is 88.6 Å². The second kappa shape index (κ2) is 7.04. The van der Waals surface area contributed by atoms with Crippen molar-refractivity contribution < 1.29 is 9.21 Å². The van der Waals surface area contributed by atoms with Crippen LogP contribution in [0.25, 0.3) is 21.9 Å². The molecule has 2 heterocycles. The predicted octanol–water partition coefficient (Wildman–Crippen LogP) is 3.34. The predicted molar refractivity (Wildman–Crippen MR) is 108 cm³/mol. The van der Waals surface area contributed by atoms with Gasteiger partial charge in [0.05, 0.1) is 17.3 Å². The fraction of sp³-hybridized carbons (Fsp3) is 0.333. The molecule has 1 unspecified atom stereocenters. The first-order valence-electron chi connectivity index (χ1n) is 9.31. The minimum atomic E-state index is -0.126. The quantitative estimate of drug-likeness (QED) is 0.549. The average molecular weight is 365 g/mol. The Balaban J connectivity index is 1.59. The minimum Gasteiger partial charge on any atom is -0.456 e. The fourth-order valence-electron chi connectivity index (χ4n) is 3.73. The molecule has 2 aromatic carbocycles. The van der Waals surface area contributed by atoms with Crippen molar-refractivity contribution >= 4 is 39.2 Å². The first kappa shape index (κ1) is 17.5. The van der Waals surface area contributed by atoms with Crippen LogP contribution in [-0.2, 0) is 4.79 Å². The number of nitrogens with two attached hydrogens (primary N) is 1. The van der Waals surface area contributed by atoms with Crippen molar-refractivity contribution in [3.8, 4) is 0 Å². The number of likely N-dealkylation sites (tertiary alicyclic amines) is 1. The lowest BCUT2D eigenvalue weighted by Crippen LogP contribution is -2.42. The molecule has 0 saturated carbocycles. The smallest absolute Gasteiger partial charge is 0.238 e. The summed E-state index contributed by atoms with van der Waals surface area (Å²) < 4.78 is 5.85. The second-order valence-electron chi connectivity index (χ2n) is 7.26. The Morgan fingerprint density at radius 2 is 2.04 bits per heavy atom. The molecule has 1 aromatic heterocycles. The van der Waals surface area contributed by atoms with Gasteiger partial charge in [0.1, 0.15) is 11.2 Å². The molecule has 3 N–H and O–H groups in total. The highest BCUT2D eigenvalue weighted by molar-refractivity contribution is 5.96. The Labute approximate surface area is 156 Å². The van der Waals surface area contributed by atoms with E-state index in [1.807, 2.05) is 0 Å². The van der Waals surface area contributed by atoms with Crippen LogP contribution in [0.15, 0.2) is 45.6 Å². The van der Waals surface area contributed by atoms with Gasteiger partial charge in [0, 0.05) is 23.5 Å². The maximum Gasteiger partial charge on any atom is 0.238 e. The van der Waals surface area contributed by atoms with E-state index in [0.717, 1.165) is 19.4 Å². The Morgan fingerprint density at radius 3 is 2.85 bits per heavy atom. The van der Waals surface area contributed by atoms with E-state index >= 15 is 0 Å². The number of nitrogens with one attached hydrogen (secondary N) is 1. The summed E-state index contributed by atoms with van der Waals surface area (Å²) in [6.07, 6.45) is 3.49. The maximum absolute atomic E-state index is 12.7. The molecule has 6 heteroatoms. The van der Waals surface area contributed by atoms with E-state index in [2.05, 4.69) is 17.1 Å². The number of carbonyl (C=O) groups is 1. The summed E-state index contributed by atoms with van der Waals surface area (Å²) in [5.41, 5.74) is 7.71. The van der Waals surface area contributed by atoms with Crippen LogP contribution in [0.3, 0.4) is 0 Å². The van der Waals surface area contributed by atoms with Crippen molar-refractivity contribution in [1.29, 1.82) is 0 Å². The number of anilines is 2. The SMILES string of the molecule is CC1CCCCN1CC(=O)Nc1ccc2c(=O)c3cc(N)ccc3oc2c1. The Kier molecular flexibility index (Phi) is 4.58. The number of hydrogen-bond donors (Lipinski definition) is 2. The highest BCUT2D eigenvalue weighted by Gasteiger charge is 2.20. The van der Waals surface area contributed by atoms with E-state index in [0.29, 0.717) is 45.9 Å². The van der Waals surface area contributed by atoms with Gasteiger partial charge in [-0.3, -0.25) is 14.5 Å². The molecule has 140 valence electrons. The minimum absolute atomic E-state index is 0.0565.